The summed E-state index contributed by atoms with van der Waals surface area (Å²) in [5.41, 5.74) is 0. The van der Waals surface area contributed by atoms with Gasteiger partial charge in [0.2, 0.25) is 0 Å². The van der Waals surface area contributed by atoms with E-state index in [4.69, 9.17) is 0 Å². The Morgan fingerprint density at radius 3 is 0.895 bits per heavy atom. The molecule has 0 heterocycles. The molecular formula is C16H5F21I+. The molecule has 0 aliphatic rings. The van der Waals surface area contributed by atoms with E-state index in [-0.39, 0.29) is 0 Å². The largest absolute Gasteiger partial charge is 0.516 e. The summed E-state index contributed by atoms with van der Waals surface area (Å²) in [7, 11) is 0. The Hall–Kier alpha value is -1.52. The predicted molar refractivity (Wildman–Crippen MR) is 75.7 cm³/mol. The molecule has 0 N–H and O–H groups in total. The Balaban J connectivity index is 3.72. The average molecular weight is 723 g/mol. The highest BCUT2D eigenvalue weighted by Gasteiger charge is 2.99. The third-order valence-electron chi connectivity index (χ3n) is 4.43. The summed E-state index contributed by atoms with van der Waals surface area (Å²) in [4.78, 5) is 0. The zero-order valence-electron chi connectivity index (χ0n) is 16.7. The van der Waals surface area contributed by atoms with E-state index in [9.17, 15) is 92.2 Å². The summed E-state index contributed by atoms with van der Waals surface area (Å²) in [6.45, 7) is 0. The molecule has 0 spiro atoms. The smallest absolute Gasteiger partial charge is 0.192 e. The fourth-order valence-electron chi connectivity index (χ4n) is 2.21. The minimum atomic E-state index is -9.15. The van der Waals surface area contributed by atoms with Crippen LogP contribution >= 0.6 is 0 Å². The number of hydrogen-bond donors (Lipinski definition) is 0. The molecule has 1 rings (SSSR count). The molecule has 0 amide bonds. The maximum absolute atomic E-state index is 13.9. The van der Waals surface area contributed by atoms with Crippen molar-refractivity contribution in [1.29, 1.82) is 0 Å². The number of hydrogen-bond acceptors (Lipinski definition) is 0. The number of benzene rings is 1. The van der Waals surface area contributed by atoms with E-state index in [0.717, 1.165) is 18.2 Å². The van der Waals surface area contributed by atoms with Crippen molar-refractivity contribution in [3.8, 4) is 0 Å². The first-order chi connectivity index (χ1) is 16.3. The summed E-state index contributed by atoms with van der Waals surface area (Å²) in [5, 5.41) is 0. The average Bonchev–Trinajstić information content (AvgIpc) is 2.72. The molecule has 1 aromatic rings. The van der Waals surface area contributed by atoms with Gasteiger partial charge in [-0.3, -0.25) is 0 Å². The minimum absolute atomic E-state index is 0.486. The van der Waals surface area contributed by atoms with Crippen LogP contribution in [0.4, 0.5) is 92.2 Å². The zero-order valence-corrected chi connectivity index (χ0v) is 18.9. The summed E-state index contributed by atoms with van der Waals surface area (Å²) in [5.74, 6) is -69.9. The predicted octanol–water partition coefficient (Wildman–Crippen LogP) is 5.18. The molecule has 0 bridgehead atoms. The maximum atomic E-state index is 13.9. The first-order valence-corrected chi connectivity index (χ1v) is 10.7. The van der Waals surface area contributed by atoms with E-state index in [0.29, 0.717) is 12.1 Å². The Labute approximate surface area is 205 Å². The molecule has 0 saturated heterocycles. The van der Waals surface area contributed by atoms with Crippen LogP contribution in [-0.2, 0) is 0 Å². The Bertz CT molecular complexity index is 977. The molecular weight excluding hydrogens is 718 g/mol. The molecule has 22 heteroatoms. The van der Waals surface area contributed by atoms with Crippen LogP contribution < -0.4 is 21.2 Å². The van der Waals surface area contributed by atoms with Crippen molar-refractivity contribution < 1.29 is 113 Å². The van der Waals surface area contributed by atoms with Crippen LogP contribution in [0.15, 0.2) is 30.3 Å². The standard InChI is InChI=1S/C16H5F21I/c17-7(18,9(21,22)11(25,26)13(29,30)15(33,34)35)8(19,20)10(23,24)12(27,28)14(31,32)16(36,37)38-6-4-2-1-3-5-6/h1-5H/q+1. The lowest BCUT2D eigenvalue weighted by Crippen LogP contribution is -3.68. The topological polar surface area (TPSA) is 0 Å². The summed E-state index contributed by atoms with van der Waals surface area (Å²) < 4.78 is 272. The van der Waals surface area contributed by atoms with Gasteiger partial charge < -0.3 is 0 Å². The highest BCUT2D eigenvalue weighted by Crippen LogP contribution is 2.65. The van der Waals surface area contributed by atoms with Crippen LogP contribution in [0, 0.1) is 3.57 Å². The van der Waals surface area contributed by atoms with E-state index < -0.39 is 82.3 Å². The van der Waals surface area contributed by atoms with Gasteiger partial charge in [0.15, 0.2) is 3.57 Å². The molecule has 0 aromatic heterocycles. The lowest BCUT2D eigenvalue weighted by molar-refractivity contribution is -0.790. The van der Waals surface area contributed by atoms with Gasteiger partial charge in [0.25, 0.3) is 0 Å². The van der Waals surface area contributed by atoms with Crippen LogP contribution in [0.2, 0.25) is 0 Å². The number of rotatable bonds is 10. The van der Waals surface area contributed by atoms with Gasteiger partial charge in [-0.15, -0.1) is 0 Å². The fraction of sp³-hybridized carbons (Fsp3) is 0.625. The van der Waals surface area contributed by atoms with Crippen LogP contribution in [0.3, 0.4) is 0 Å². The van der Waals surface area contributed by atoms with Crippen molar-refractivity contribution in [3.63, 3.8) is 0 Å². The van der Waals surface area contributed by atoms with Crippen LogP contribution in [0.25, 0.3) is 0 Å². The lowest BCUT2D eigenvalue weighted by Gasteiger charge is -2.43. The minimum Gasteiger partial charge on any atom is -0.192 e. The fourth-order valence-corrected chi connectivity index (χ4v) is 4.45. The Morgan fingerprint density at radius 1 is 0.342 bits per heavy atom. The van der Waals surface area contributed by atoms with Gasteiger partial charge in [-0.25, -0.2) is 0 Å². The van der Waals surface area contributed by atoms with E-state index in [1.807, 2.05) is 0 Å². The molecule has 1 aromatic carbocycles. The molecule has 0 aliphatic carbocycles. The maximum Gasteiger partial charge on any atom is 0.516 e. The van der Waals surface area contributed by atoms with Crippen molar-refractivity contribution >= 4 is 0 Å². The van der Waals surface area contributed by atoms with E-state index >= 15 is 0 Å². The first kappa shape index (κ1) is 34.5. The summed E-state index contributed by atoms with van der Waals surface area (Å²) in [6, 6.07) is 3.54. The van der Waals surface area contributed by atoms with Crippen molar-refractivity contribution in [1.82, 2.24) is 0 Å². The molecule has 222 valence electrons. The van der Waals surface area contributed by atoms with Gasteiger partial charge >= 0.3 is 78.7 Å². The highest BCUT2D eigenvalue weighted by molar-refractivity contribution is 5.17. The van der Waals surface area contributed by atoms with Crippen molar-refractivity contribution in [2.75, 3.05) is 0 Å². The lowest BCUT2D eigenvalue weighted by atomic mass is 9.87. The molecule has 0 unspecified atom stereocenters. The first-order valence-electron chi connectivity index (χ1n) is 8.51. The van der Waals surface area contributed by atoms with Crippen LogP contribution in [0.5, 0.6) is 0 Å². The van der Waals surface area contributed by atoms with Crippen molar-refractivity contribution in [2.24, 2.45) is 0 Å². The Morgan fingerprint density at radius 2 is 0.605 bits per heavy atom. The van der Waals surface area contributed by atoms with E-state index in [1.165, 1.54) is 0 Å². The summed E-state index contributed by atoms with van der Waals surface area (Å²) in [6.07, 6.45) is -7.99. The highest BCUT2D eigenvalue weighted by atomic mass is 127. The number of alkyl halides is 22. The second-order valence-electron chi connectivity index (χ2n) is 6.98. The Kier molecular flexibility index (Phi) is 8.41. The molecule has 0 radical (unpaired) electrons. The quantitative estimate of drug-likeness (QED) is 0.178. The third-order valence-corrected chi connectivity index (χ3v) is 7.13. The monoisotopic (exact) mass is 723 g/mol. The molecule has 0 nitrogen and oxygen atoms in total. The van der Waals surface area contributed by atoms with Crippen molar-refractivity contribution in [2.45, 2.75) is 57.5 Å². The van der Waals surface area contributed by atoms with Crippen molar-refractivity contribution in [3.05, 3.63) is 33.9 Å². The van der Waals surface area contributed by atoms with Crippen LogP contribution in [0.1, 0.15) is 0 Å². The third kappa shape index (κ3) is 4.52. The van der Waals surface area contributed by atoms with Gasteiger partial charge in [0, 0.05) is 0 Å². The van der Waals surface area contributed by atoms with Gasteiger partial charge in [0.05, 0.1) is 0 Å². The van der Waals surface area contributed by atoms with E-state index in [1.54, 1.807) is 0 Å². The van der Waals surface area contributed by atoms with E-state index in [2.05, 4.69) is 0 Å². The second-order valence-corrected chi connectivity index (χ2v) is 10.1. The molecule has 0 atom stereocenters. The summed E-state index contributed by atoms with van der Waals surface area (Å²) >= 11 is -3.98. The normalized spacial score (nSPS) is 16.1. The molecule has 38 heavy (non-hydrogen) atoms. The second kappa shape index (κ2) is 9.26. The van der Waals surface area contributed by atoms with Gasteiger partial charge in [-0.2, -0.15) is 92.2 Å². The van der Waals surface area contributed by atoms with Gasteiger partial charge in [0.1, 0.15) is 0 Å². The molecule has 0 aliphatic heterocycles. The van der Waals surface area contributed by atoms with Gasteiger partial charge in [-0.1, -0.05) is 18.2 Å². The SMILES string of the molecule is FC(F)(F)C(F)(F)C(F)(F)C(F)(F)C(F)(F)C(F)(F)C(F)(F)C(F)(F)C(F)(F)C(F)(F)[I+]c1ccccc1. The molecule has 0 saturated carbocycles. The number of halogens is 22. The zero-order chi connectivity index (χ0) is 30.8. The van der Waals surface area contributed by atoms with Crippen LogP contribution in [-0.4, -0.2) is 57.5 Å². The molecule has 0 fully saturated rings. The van der Waals surface area contributed by atoms with Gasteiger partial charge in [-0.05, 0) is 12.1 Å².